The van der Waals surface area contributed by atoms with Gasteiger partial charge < -0.3 is 20.1 Å². The van der Waals surface area contributed by atoms with Crippen LogP contribution in [0, 0.1) is 0 Å². The van der Waals surface area contributed by atoms with E-state index in [0.29, 0.717) is 23.1 Å². The van der Waals surface area contributed by atoms with Gasteiger partial charge in [-0.3, -0.25) is 4.79 Å². The molecule has 2 heterocycles. The first kappa shape index (κ1) is 13.7. The highest BCUT2D eigenvalue weighted by Gasteiger charge is 2.23. The van der Waals surface area contributed by atoms with Gasteiger partial charge in [0.25, 0.3) is 5.91 Å². The summed E-state index contributed by atoms with van der Waals surface area (Å²) in [5.74, 6) is 1.21. The summed E-state index contributed by atoms with van der Waals surface area (Å²) in [6.45, 7) is 3.28. The molecule has 2 N–H and O–H groups in total. The van der Waals surface area contributed by atoms with Crippen molar-refractivity contribution in [1.29, 1.82) is 0 Å². The number of fused-ring (bicyclic) bond motifs is 1. The van der Waals surface area contributed by atoms with Crippen LogP contribution in [0.4, 0.5) is 0 Å². The Hall–Kier alpha value is -1.27. The van der Waals surface area contributed by atoms with Gasteiger partial charge in [0, 0.05) is 17.6 Å². The van der Waals surface area contributed by atoms with Crippen molar-refractivity contribution >= 4 is 21.8 Å². The fourth-order valence-corrected chi connectivity index (χ4v) is 3.19. The number of halogens is 1. The van der Waals surface area contributed by atoms with Gasteiger partial charge in [0.1, 0.15) is 0 Å². The Morgan fingerprint density at radius 3 is 3.10 bits per heavy atom. The monoisotopic (exact) mass is 340 g/mol. The van der Waals surface area contributed by atoms with Gasteiger partial charge in [-0.2, -0.15) is 0 Å². The second kappa shape index (κ2) is 5.61. The quantitative estimate of drug-likeness (QED) is 0.864. The molecule has 1 aromatic carbocycles. The average Bonchev–Trinajstić information content (AvgIpc) is 2.87. The molecule has 2 aliphatic heterocycles. The van der Waals surface area contributed by atoms with Crippen LogP contribution >= 0.6 is 15.9 Å². The van der Waals surface area contributed by atoms with E-state index >= 15 is 0 Å². The van der Waals surface area contributed by atoms with E-state index in [1.54, 1.807) is 12.1 Å². The molecule has 2 unspecified atom stereocenters. The Morgan fingerprint density at radius 1 is 1.45 bits per heavy atom. The first-order chi connectivity index (χ1) is 9.63. The van der Waals surface area contributed by atoms with Gasteiger partial charge in [-0.15, -0.1) is 0 Å². The van der Waals surface area contributed by atoms with Crippen molar-refractivity contribution in [2.45, 2.75) is 31.8 Å². The van der Waals surface area contributed by atoms with Crippen molar-refractivity contribution in [2.24, 2.45) is 0 Å². The molecule has 2 aliphatic rings. The summed E-state index contributed by atoms with van der Waals surface area (Å²) in [5, 5.41) is 6.46. The standard InChI is InChI=1S/C14H17BrN2O3/c1-8-4-10(2-3-16-8)17-14(18)9-5-11(15)13-12(6-9)19-7-20-13/h5-6,8,10,16H,2-4,7H2,1H3,(H,17,18). The molecule has 0 aromatic heterocycles. The van der Waals surface area contributed by atoms with Gasteiger partial charge in [0.15, 0.2) is 11.5 Å². The third kappa shape index (κ3) is 2.76. The Kier molecular flexibility index (Phi) is 3.85. The highest BCUT2D eigenvalue weighted by atomic mass is 79.9. The molecule has 20 heavy (non-hydrogen) atoms. The van der Waals surface area contributed by atoms with Gasteiger partial charge in [-0.1, -0.05) is 0 Å². The lowest BCUT2D eigenvalue weighted by Gasteiger charge is -2.28. The normalized spacial score (nSPS) is 24.5. The summed E-state index contributed by atoms with van der Waals surface area (Å²) in [6, 6.07) is 4.17. The topological polar surface area (TPSA) is 59.6 Å². The number of carbonyl (C=O) groups excluding carboxylic acids is 1. The van der Waals surface area contributed by atoms with Crippen LogP contribution in [0.1, 0.15) is 30.1 Å². The SMILES string of the molecule is CC1CC(NC(=O)c2cc(Br)c3c(c2)OCO3)CCN1. The van der Waals surface area contributed by atoms with Crippen LogP contribution in [0.2, 0.25) is 0 Å². The Balaban J connectivity index is 1.72. The van der Waals surface area contributed by atoms with Crippen molar-refractivity contribution in [3.63, 3.8) is 0 Å². The van der Waals surface area contributed by atoms with E-state index in [9.17, 15) is 4.79 Å². The molecule has 3 rings (SSSR count). The van der Waals surface area contributed by atoms with Crippen molar-refractivity contribution in [2.75, 3.05) is 13.3 Å². The van der Waals surface area contributed by atoms with Crippen LogP contribution in [0.15, 0.2) is 16.6 Å². The molecule has 1 aromatic rings. The number of rotatable bonds is 2. The Morgan fingerprint density at radius 2 is 2.30 bits per heavy atom. The predicted molar refractivity (Wildman–Crippen MR) is 78.2 cm³/mol. The Bertz CT molecular complexity index is 535. The molecule has 1 saturated heterocycles. The number of hydrogen-bond donors (Lipinski definition) is 2. The summed E-state index contributed by atoms with van der Waals surface area (Å²) in [6.07, 6.45) is 1.92. The van der Waals surface area contributed by atoms with Crippen LogP contribution in [-0.4, -0.2) is 31.3 Å². The lowest BCUT2D eigenvalue weighted by molar-refractivity contribution is 0.0925. The number of benzene rings is 1. The van der Waals surface area contributed by atoms with Crippen molar-refractivity contribution in [1.82, 2.24) is 10.6 Å². The van der Waals surface area contributed by atoms with Gasteiger partial charge >= 0.3 is 0 Å². The fraction of sp³-hybridized carbons (Fsp3) is 0.500. The summed E-state index contributed by atoms with van der Waals surface area (Å²) < 4.78 is 11.4. The van der Waals surface area contributed by atoms with E-state index in [1.165, 1.54) is 0 Å². The molecule has 0 radical (unpaired) electrons. The maximum absolute atomic E-state index is 12.3. The first-order valence-corrected chi connectivity index (χ1v) is 7.56. The molecule has 0 bridgehead atoms. The molecule has 0 saturated carbocycles. The number of nitrogens with one attached hydrogen (secondary N) is 2. The largest absolute Gasteiger partial charge is 0.454 e. The minimum Gasteiger partial charge on any atom is -0.454 e. The first-order valence-electron chi connectivity index (χ1n) is 6.77. The van der Waals surface area contributed by atoms with Crippen molar-refractivity contribution < 1.29 is 14.3 Å². The molecule has 1 fully saturated rings. The minimum absolute atomic E-state index is 0.0666. The minimum atomic E-state index is -0.0666. The summed E-state index contributed by atoms with van der Waals surface area (Å²) in [7, 11) is 0. The van der Waals surface area contributed by atoms with Crippen LogP contribution < -0.4 is 20.1 Å². The van der Waals surface area contributed by atoms with Gasteiger partial charge in [-0.05, 0) is 54.4 Å². The summed E-state index contributed by atoms with van der Waals surface area (Å²) in [4.78, 5) is 12.3. The van der Waals surface area contributed by atoms with Crippen molar-refractivity contribution in [3.05, 3.63) is 22.2 Å². The van der Waals surface area contributed by atoms with Gasteiger partial charge in [0.05, 0.1) is 4.47 Å². The number of amides is 1. The van der Waals surface area contributed by atoms with Crippen LogP contribution in [0.3, 0.4) is 0 Å². The maximum atomic E-state index is 12.3. The summed E-state index contributed by atoms with van der Waals surface area (Å²) >= 11 is 3.41. The van der Waals surface area contributed by atoms with Gasteiger partial charge in [0.2, 0.25) is 6.79 Å². The van der Waals surface area contributed by atoms with Crippen LogP contribution in [0.5, 0.6) is 11.5 Å². The molecule has 2 atom stereocenters. The zero-order valence-electron chi connectivity index (χ0n) is 11.2. The highest BCUT2D eigenvalue weighted by Crippen LogP contribution is 2.39. The predicted octanol–water partition coefficient (Wildman–Crippen LogP) is 2.05. The molecule has 5 nitrogen and oxygen atoms in total. The summed E-state index contributed by atoms with van der Waals surface area (Å²) in [5.41, 5.74) is 0.590. The highest BCUT2D eigenvalue weighted by molar-refractivity contribution is 9.10. The average molecular weight is 341 g/mol. The number of piperidine rings is 1. The second-order valence-electron chi connectivity index (χ2n) is 5.24. The smallest absolute Gasteiger partial charge is 0.251 e. The Labute approximate surface area is 126 Å². The maximum Gasteiger partial charge on any atom is 0.251 e. The molecular weight excluding hydrogens is 324 g/mol. The number of carbonyl (C=O) groups is 1. The zero-order valence-corrected chi connectivity index (χ0v) is 12.8. The zero-order chi connectivity index (χ0) is 14.1. The van der Waals surface area contributed by atoms with E-state index in [-0.39, 0.29) is 18.7 Å². The molecule has 108 valence electrons. The third-order valence-corrected chi connectivity index (χ3v) is 4.24. The van der Waals surface area contributed by atoms with E-state index < -0.39 is 0 Å². The number of ether oxygens (including phenoxy) is 2. The molecule has 6 heteroatoms. The number of hydrogen-bond acceptors (Lipinski definition) is 4. The van der Waals surface area contributed by atoms with Crippen molar-refractivity contribution in [3.8, 4) is 11.5 Å². The van der Waals surface area contributed by atoms with E-state index in [1.807, 2.05) is 0 Å². The second-order valence-corrected chi connectivity index (χ2v) is 6.10. The lowest BCUT2D eigenvalue weighted by atomic mass is 10.0. The van der Waals surface area contributed by atoms with Gasteiger partial charge in [-0.25, -0.2) is 0 Å². The molecule has 1 amide bonds. The van der Waals surface area contributed by atoms with E-state index in [2.05, 4.69) is 33.5 Å². The lowest BCUT2D eigenvalue weighted by Crippen LogP contribution is -2.46. The molecular formula is C14H17BrN2O3. The van der Waals surface area contributed by atoms with E-state index in [4.69, 9.17) is 9.47 Å². The third-order valence-electron chi connectivity index (χ3n) is 3.65. The van der Waals surface area contributed by atoms with E-state index in [0.717, 1.165) is 23.9 Å². The van der Waals surface area contributed by atoms with Crippen LogP contribution in [0.25, 0.3) is 0 Å². The molecule has 0 spiro atoms. The molecule has 0 aliphatic carbocycles. The fourth-order valence-electron chi connectivity index (χ4n) is 2.63. The van der Waals surface area contributed by atoms with Crippen LogP contribution in [-0.2, 0) is 0 Å².